The van der Waals surface area contributed by atoms with Gasteiger partial charge in [0.05, 0.1) is 16.7 Å². The first-order valence-electron chi connectivity index (χ1n) is 9.40. The second kappa shape index (κ2) is 8.11. The fourth-order valence-electron chi connectivity index (χ4n) is 3.25. The number of hydrogen-bond acceptors (Lipinski definition) is 7. The number of non-ortho nitro benzene ring substituents is 1. The van der Waals surface area contributed by atoms with Gasteiger partial charge in [0, 0.05) is 11.8 Å². The maximum Gasteiger partial charge on any atom is 0.273 e. The molecule has 0 aliphatic heterocycles. The largest absolute Gasteiger partial charge is 0.506 e. The summed E-state index contributed by atoms with van der Waals surface area (Å²) in [5, 5.41) is 26.6. The van der Waals surface area contributed by atoms with Gasteiger partial charge in [-0.3, -0.25) is 19.7 Å². The van der Waals surface area contributed by atoms with E-state index < -0.39 is 21.5 Å². The minimum absolute atomic E-state index is 0.0105. The van der Waals surface area contributed by atoms with Crippen molar-refractivity contribution in [3.8, 4) is 5.75 Å². The van der Waals surface area contributed by atoms with Crippen LogP contribution in [0.15, 0.2) is 82.4 Å². The molecule has 31 heavy (non-hydrogen) atoms. The third kappa shape index (κ3) is 3.99. The maximum absolute atomic E-state index is 12.2. The van der Waals surface area contributed by atoms with Crippen molar-refractivity contribution < 1.29 is 10.0 Å². The highest BCUT2D eigenvalue weighted by molar-refractivity contribution is 5.84. The molecule has 8 heteroatoms. The number of nitrogens with zero attached hydrogens (tertiary/aromatic N) is 1. The molecule has 0 radical (unpaired) electrons. The fraction of sp³-hybridized carbons (Fsp3) is 0.0435. The third-order valence-electron chi connectivity index (χ3n) is 4.88. The fourth-order valence-corrected chi connectivity index (χ4v) is 3.25. The van der Waals surface area contributed by atoms with Gasteiger partial charge in [-0.15, -0.1) is 0 Å². The Morgan fingerprint density at radius 3 is 2.06 bits per heavy atom. The summed E-state index contributed by atoms with van der Waals surface area (Å²) in [5.74, 6) is -0.405. The van der Waals surface area contributed by atoms with Crippen molar-refractivity contribution >= 4 is 28.4 Å². The van der Waals surface area contributed by atoms with Gasteiger partial charge in [0.2, 0.25) is 0 Å². The number of phenols is 1. The summed E-state index contributed by atoms with van der Waals surface area (Å²) in [4.78, 5) is 34.5. The summed E-state index contributed by atoms with van der Waals surface area (Å²) in [6.07, 6.45) is 0.630. The van der Waals surface area contributed by atoms with Crippen LogP contribution < -0.4 is 21.5 Å². The minimum atomic E-state index is -0.735. The van der Waals surface area contributed by atoms with Crippen LogP contribution in [0.25, 0.3) is 0 Å². The highest BCUT2D eigenvalue weighted by Crippen LogP contribution is 2.33. The van der Waals surface area contributed by atoms with Crippen molar-refractivity contribution in [3.05, 3.63) is 114 Å². The van der Waals surface area contributed by atoms with Gasteiger partial charge in [-0.1, -0.05) is 48.5 Å². The van der Waals surface area contributed by atoms with E-state index in [2.05, 4.69) is 10.6 Å². The molecule has 0 spiro atoms. The van der Waals surface area contributed by atoms with Crippen LogP contribution in [0.5, 0.6) is 5.75 Å². The normalized spacial score (nSPS) is 10.7. The number of phenolic OH excluding ortho intramolecular Hbond substituents is 1. The monoisotopic (exact) mass is 415 g/mol. The molecule has 0 fully saturated rings. The third-order valence-corrected chi connectivity index (χ3v) is 4.88. The molecule has 154 valence electrons. The van der Waals surface area contributed by atoms with Crippen molar-refractivity contribution in [2.45, 2.75) is 6.42 Å². The van der Waals surface area contributed by atoms with Crippen LogP contribution in [0.4, 0.5) is 28.4 Å². The first-order valence-corrected chi connectivity index (χ1v) is 9.40. The quantitative estimate of drug-likeness (QED) is 0.181. The number of nitrogens with one attached hydrogen (secondary N) is 2. The van der Waals surface area contributed by atoms with E-state index in [0.29, 0.717) is 12.1 Å². The second-order valence-corrected chi connectivity index (χ2v) is 6.94. The Hall–Kier alpha value is -4.46. The molecule has 0 unspecified atom stereocenters. The molecule has 0 heterocycles. The van der Waals surface area contributed by atoms with Crippen LogP contribution in [0.1, 0.15) is 11.1 Å². The van der Waals surface area contributed by atoms with E-state index in [1.807, 2.05) is 54.6 Å². The lowest BCUT2D eigenvalue weighted by Gasteiger charge is -2.17. The van der Waals surface area contributed by atoms with E-state index in [1.54, 1.807) is 0 Å². The Morgan fingerprint density at radius 1 is 0.806 bits per heavy atom. The molecular formula is C23H17N3O5. The number of benzene rings is 3. The van der Waals surface area contributed by atoms with Crippen LogP contribution in [-0.4, -0.2) is 10.0 Å². The Morgan fingerprint density at radius 2 is 1.42 bits per heavy atom. The van der Waals surface area contributed by atoms with Crippen molar-refractivity contribution in [2.24, 2.45) is 0 Å². The summed E-state index contributed by atoms with van der Waals surface area (Å²) in [6, 6.07) is 20.7. The van der Waals surface area contributed by atoms with Crippen molar-refractivity contribution in [1.29, 1.82) is 0 Å². The van der Waals surface area contributed by atoms with Crippen molar-refractivity contribution in [1.82, 2.24) is 0 Å². The van der Waals surface area contributed by atoms with Gasteiger partial charge >= 0.3 is 0 Å². The topological polar surface area (TPSA) is 122 Å². The molecular weight excluding hydrogens is 398 g/mol. The molecule has 8 nitrogen and oxygen atoms in total. The predicted octanol–water partition coefficient (Wildman–Crippen LogP) is 3.97. The molecule has 0 atom stereocenters. The first kappa shape index (κ1) is 19.8. The molecule has 0 aliphatic carbocycles. The zero-order valence-corrected chi connectivity index (χ0v) is 16.2. The SMILES string of the molecule is O=c1c(Nc2ccc([N+](=O)[O-])cc2O)c(Nc2ccccc2Cc2ccccc2)c1=O. The zero-order valence-electron chi connectivity index (χ0n) is 16.2. The lowest BCUT2D eigenvalue weighted by atomic mass is 10.0. The summed E-state index contributed by atoms with van der Waals surface area (Å²) in [6.45, 7) is 0. The van der Waals surface area contributed by atoms with Crippen molar-refractivity contribution in [3.63, 3.8) is 0 Å². The van der Waals surface area contributed by atoms with Crippen LogP contribution in [0.3, 0.4) is 0 Å². The minimum Gasteiger partial charge on any atom is -0.506 e. The van der Waals surface area contributed by atoms with E-state index in [1.165, 1.54) is 12.1 Å². The maximum atomic E-state index is 12.2. The van der Waals surface area contributed by atoms with Gasteiger partial charge in [0.1, 0.15) is 17.1 Å². The van der Waals surface area contributed by atoms with Gasteiger partial charge in [-0.05, 0) is 29.7 Å². The van der Waals surface area contributed by atoms with E-state index in [9.17, 15) is 24.8 Å². The highest BCUT2D eigenvalue weighted by atomic mass is 16.6. The van der Waals surface area contributed by atoms with Gasteiger partial charge in [0.25, 0.3) is 16.5 Å². The first-order chi connectivity index (χ1) is 14.9. The second-order valence-electron chi connectivity index (χ2n) is 6.94. The van der Waals surface area contributed by atoms with Gasteiger partial charge < -0.3 is 15.7 Å². The average molecular weight is 415 g/mol. The number of para-hydroxylation sites is 1. The summed E-state index contributed by atoms with van der Waals surface area (Å²) >= 11 is 0. The molecule has 0 amide bonds. The zero-order chi connectivity index (χ0) is 22.0. The Bertz CT molecular complexity index is 1340. The summed E-state index contributed by atoms with van der Waals surface area (Å²) < 4.78 is 0. The van der Waals surface area contributed by atoms with Gasteiger partial charge in [-0.25, -0.2) is 0 Å². The summed E-state index contributed by atoms with van der Waals surface area (Å²) in [7, 11) is 0. The lowest BCUT2D eigenvalue weighted by molar-refractivity contribution is -0.384. The number of anilines is 4. The number of nitro benzene ring substituents is 1. The van der Waals surface area contributed by atoms with E-state index in [4.69, 9.17) is 0 Å². The van der Waals surface area contributed by atoms with E-state index in [0.717, 1.165) is 17.2 Å². The average Bonchev–Trinajstić information content (AvgIpc) is 2.78. The smallest absolute Gasteiger partial charge is 0.273 e. The number of rotatable bonds is 7. The molecule has 0 saturated heterocycles. The molecule has 3 N–H and O–H groups in total. The standard InChI is InChI=1S/C23H17N3O5/c27-19-13-16(26(30)31)10-11-18(19)25-21-20(22(28)23(21)29)24-17-9-5-4-8-15(17)12-14-6-2-1-3-7-14/h1-11,13,24-25,27H,12H2. The molecule has 0 saturated carbocycles. The van der Waals surface area contributed by atoms with E-state index >= 15 is 0 Å². The number of nitro groups is 1. The van der Waals surface area contributed by atoms with Gasteiger partial charge in [0.15, 0.2) is 0 Å². The molecule has 4 aromatic rings. The summed E-state index contributed by atoms with van der Waals surface area (Å²) in [5.41, 5.74) is 1.14. The Kier molecular flexibility index (Phi) is 5.19. The lowest BCUT2D eigenvalue weighted by Crippen LogP contribution is -2.36. The molecule has 0 aliphatic rings. The van der Waals surface area contributed by atoms with Crippen LogP contribution >= 0.6 is 0 Å². The molecule has 0 aromatic heterocycles. The van der Waals surface area contributed by atoms with Crippen LogP contribution in [-0.2, 0) is 6.42 Å². The molecule has 4 rings (SSSR count). The van der Waals surface area contributed by atoms with Crippen molar-refractivity contribution in [2.75, 3.05) is 10.6 Å². The highest BCUT2D eigenvalue weighted by Gasteiger charge is 2.23. The van der Waals surface area contributed by atoms with Crippen LogP contribution in [0, 0.1) is 10.1 Å². The molecule has 4 aromatic carbocycles. The number of hydrogen-bond donors (Lipinski definition) is 3. The van der Waals surface area contributed by atoms with Gasteiger partial charge in [-0.2, -0.15) is 0 Å². The Labute approximate surface area is 176 Å². The van der Waals surface area contributed by atoms with E-state index in [-0.39, 0.29) is 22.7 Å². The van der Waals surface area contributed by atoms with Crippen LogP contribution in [0.2, 0.25) is 0 Å². The predicted molar refractivity (Wildman–Crippen MR) is 118 cm³/mol. The Balaban J connectivity index is 1.61. The number of aromatic hydroxyl groups is 1. The molecule has 0 bridgehead atoms.